The molecule has 0 saturated carbocycles. The molecule has 3 unspecified atom stereocenters. The minimum atomic E-state index is 0.335. The van der Waals surface area contributed by atoms with Gasteiger partial charge in [-0.1, -0.05) is 183 Å². The molecule has 0 saturated heterocycles. The Morgan fingerprint density at radius 3 is 1.33 bits per heavy atom. The number of hydrogen-bond donors (Lipinski definition) is 0. The summed E-state index contributed by atoms with van der Waals surface area (Å²) in [6.45, 7) is 24.5. The average molecular weight is 579 g/mol. The van der Waals surface area contributed by atoms with Crippen molar-refractivity contribution in [2.75, 3.05) is 0 Å². The van der Waals surface area contributed by atoms with Crippen LogP contribution >= 0.6 is 0 Å². The molecule has 0 N–H and O–H groups in total. The molecule has 0 aliphatic heterocycles. The quantitative estimate of drug-likeness (QED) is 0.195. The van der Waals surface area contributed by atoms with Gasteiger partial charge in [-0.3, -0.25) is 0 Å². The van der Waals surface area contributed by atoms with Crippen molar-refractivity contribution in [2.45, 2.75) is 125 Å². The second-order valence-electron chi connectivity index (χ2n) is 12.8. The van der Waals surface area contributed by atoms with E-state index in [9.17, 15) is 0 Å². The Morgan fingerprint density at radius 1 is 0.465 bits per heavy atom. The summed E-state index contributed by atoms with van der Waals surface area (Å²) in [6, 6.07) is 38.9. The third-order valence-electron chi connectivity index (χ3n) is 8.90. The molecule has 4 rings (SSSR count). The van der Waals surface area contributed by atoms with Crippen molar-refractivity contribution in [2.24, 2.45) is 0 Å². The summed E-state index contributed by atoms with van der Waals surface area (Å²) in [5.41, 5.74) is 8.85. The monoisotopic (exact) mass is 578 g/mol. The molecule has 0 nitrogen and oxygen atoms in total. The van der Waals surface area contributed by atoms with E-state index in [0.29, 0.717) is 23.2 Å². The fourth-order valence-electron chi connectivity index (χ4n) is 4.45. The van der Waals surface area contributed by atoms with Gasteiger partial charge in [0.25, 0.3) is 0 Å². The van der Waals surface area contributed by atoms with E-state index in [1.54, 1.807) is 0 Å². The first-order valence-corrected chi connectivity index (χ1v) is 16.7. The molecule has 0 fully saturated rings. The molecule has 0 heterocycles. The summed E-state index contributed by atoms with van der Waals surface area (Å²) < 4.78 is 0. The Morgan fingerprint density at radius 2 is 0.884 bits per heavy atom. The van der Waals surface area contributed by atoms with E-state index in [0.717, 1.165) is 0 Å². The normalized spacial score (nSPS) is 12.6. The highest BCUT2D eigenvalue weighted by Crippen LogP contribution is 2.25. The van der Waals surface area contributed by atoms with E-state index in [-0.39, 0.29) is 0 Å². The Balaban J connectivity index is 0.000000287. The summed E-state index contributed by atoms with van der Waals surface area (Å²) >= 11 is 0. The summed E-state index contributed by atoms with van der Waals surface area (Å²) in [5.74, 6) is 2.12. The Hall–Kier alpha value is -3.12. The van der Waals surface area contributed by atoms with E-state index < -0.39 is 0 Å². The highest BCUT2D eigenvalue weighted by Gasteiger charge is 2.16. The van der Waals surface area contributed by atoms with E-state index in [2.05, 4.69) is 185 Å². The van der Waals surface area contributed by atoms with Crippen LogP contribution in [0.4, 0.5) is 0 Å². The Kier molecular flexibility index (Phi) is 18.3. The van der Waals surface area contributed by atoms with Crippen molar-refractivity contribution in [3.63, 3.8) is 0 Å². The van der Waals surface area contributed by atoms with Crippen LogP contribution in [0.5, 0.6) is 0 Å². The number of aryl methyl sites for hydroxylation is 2. The predicted octanol–water partition coefficient (Wildman–Crippen LogP) is 13.6. The molecule has 3 atom stereocenters. The zero-order valence-corrected chi connectivity index (χ0v) is 29.5. The molecule has 234 valence electrons. The molecule has 0 spiro atoms. The van der Waals surface area contributed by atoms with E-state index in [1.807, 2.05) is 0 Å². The van der Waals surface area contributed by atoms with Crippen molar-refractivity contribution in [1.82, 2.24) is 0 Å². The van der Waals surface area contributed by atoms with Gasteiger partial charge in [-0.25, -0.2) is 0 Å². The molecule has 43 heavy (non-hydrogen) atoms. The minimum Gasteiger partial charge on any atom is -0.0648 e. The average Bonchev–Trinajstić information content (AvgIpc) is 3.05. The molecular weight excluding hydrogens is 516 g/mol. The van der Waals surface area contributed by atoms with Gasteiger partial charge < -0.3 is 0 Å². The molecule has 0 bridgehead atoms. The molecule has 0 amide bonds. The molecular formula is C43H62. The number of benzene rings is 4. The van der Waals surface area contributed by atoms with Crippen molar-refractivity contribution >= 4 is 0 Å². The summed E-state index contributed by atoms with van der Waals surface area (Å²) in [7, 11) is 0. The standard InChI is InChI=1S/3C11H16.C10H14/c1-4-10(3)11-7-5-9(2)6-8-11;1-4-10(3)11-7-5-6-9(2)8-11;1-4-11(2,3)10-8-6-5-7-9-10;1-3-9(2)10-7-5-4-6-8-10/h2*5-8,10H,4H2,1-3H3;5-9H,4H2,1-3H3;4-9H,3H2,1-2H3. The van der Waals surface area contributed by atoms with Gasteiger partial charge in [-0.15, -0.1) is 0 Å². The van der Waals surface area contributed by atoms with E-state index >= 15 is 0 Å². The van der Waals surface area contributed by atoms with Gasteiger partial charge in [0.05, 0.1) is 0 Å². The van der Waals surface area contributed by atoms with Gasteiger partial charge >= 0.3 is 0 Å². The second-order valence-corrected chi connectivity index (χ2v) is 12.8. The molecule has 0 radical (unpaired) electrons. The Labute approximate surface area is 267 Å². The van der Waals surface area contributed by atoms with Crippen molar-refractivity contribution < 1.29 is 0 Å². The highest BCUT2D eigenvalue weighted by molar-refractivity contribution is 5.25. The van der Waals surface area contributed by atoms with Crippen LogP contribution in [0.25, 0.3) is 0 Å². The summed E-state index contributed by atoms with van der Waals surface area (Å²) in [6.07, 6.45) is 4.87. The maximum Gasteiger partial charge on any atom is -0.0106 e. The topological polar surface area (TPSA) is 0 Å². The maximum atomic E-state index is 2.28. The Bertz CT molecular complexity index is 1220. The van der Waals surface area contributed by atoms with Crippen molar-refractivity contribution in [1.29, 1.82) is 0 Å². The van der Waals surface area contributed by atoms with Gasteiger partial charge in [0.1, 0.15) is 0 Å². The van der Waals surface area contributed by atoms with E-state index in [1.165, 1.54) is 59.1 Å². The minimum absolute atomic E-state index is 0.335. The smallest absolute Gasteiger partial charge is 0.0106 e. The maximum absolute atomic E-state index is 2.28. The largest absolute Gasteiger partial charge is 0.0648 e. The zero-order chi connectivity index (χ0) is 32.3. The fraction of sp³-hybridized carbons (Fsp3) is 0.442. The molecule has 4 aromatic rings. The van der Waals surface area contributed by atoms with E-state index in [4.69, 9.17) is 0 Å². The van der Waals surface area contributed by atoms with Crippen LogP contribution in [0.2, 0.25) is 0 Å². The molecule has 4 aromatic carbocycles. The number of rotatable bonds is 8. The van der Waals surface area contributed by atoms with Crippen LogP contribution in [-0.4, -0.2) is 0 Å². The first-order chi connectivity index (χ1) is 20.5. The highest BCUT2D eigenvalue weighted by atomic mass is 14.2. The van der Waals surface area contributed by atoms with Gasteiger partial charge in [0.15, 0.2) is 0 Å². The van der Waals surface area contributed by atoms with Gasteiger partial charge in [-0.05, 0) is 85.0 Å². The lowest BCUT2D eigenvalue weighted by atomic mass is 9.82. The zero-order valence-electron chi connectivity index (χ0n) is 29.5. The first-order valence-electron chi connectivity index (χ1n) is 16.7. The number of hydrogen-bond acceptors (Lipinski definition) is 0. The lowest BCUT2D eigenvalue weighted by Crippen LogP contribution is -2.14. The van der Waals surface area contributed by atoms with Crippen LogP contribution in [0.3, 0.4) is 0 Å². The summed E-state index contributed by atoms with van der Waals surface area (Å²) in [4.78, 5) is 0. The van der Waals surface area contributed by atoms with Crippen molar-refractivity contribution in [3.8, 4) is 0 Å². The molecule has 0 aliphatic rings. The third kappa shape index (κ3) is 14.7. The predicted molar refractivity (Wildman–Crippen MR) is 195 cm³/mol. The van der Waals surface area contributed by atoms with Crippen LogP contribution in [0.1, 0.15) is 139 Å². The first kappa shape index (κ1) is 37.9. The lowest BCUT2D eigenvalue weighted by molar-refractivity contribution is 0.506. The second kappa shape index (κ2) is 20.7. The van der Waals surface area contributed by atoms with Crippen molar-refractivity contribution in [3.05, 3.63) is 143 Å². The van der Waals surface area contributed by atoms with Gasteiger partial charge in [0.2, 0.25) is 0 Å². The molecule has 0 heteroatoms. The van der Waals surface area contributed by atoms with Gasteiger partial charge in [0, 0.05) is 0 Å². The van der Waals surface area contributed by atoms with Crippen LogP contribution in [0, 0.1) is 13.8 Å². The van der Waals surface area contributed by atoms with Crippen LogP contribution < -0.4 is 0 Å². The third-order valence-corrected chi connectivity index (χ3v) is 8.90. The van der Waals surface area contributed by atoms with Crippen LogP contribution in [-0.2, 0) is 5.41 Å². The fourth-order valence-corrected chi connectivity index (χ4v) is 4.45. The lowest BCUT2D eigenvalue weighted by Gasteiger charge is -2.22. The summed E-state index contributed by atoms with van der Waals surface area (Å²) in [5, 5.41) is 0. The molecule has 0 aromatic heterocycles. The SMILES string of the molecule is CCC(C)(C)c1ccccc1.CCC(C)c1ccc(C)cc1.CCC(C)c1cccc(C)c1.CCC(C)c1ccccc1. The van der Waals surface area contributed by atoms with Crippen LogP contribution in [0.15, 0.2) is 109 Å². The van der Waals surface area contributed by atoms with Gasteiger partial charge in [-0.2, -0.15) is 0 Å². The molecule has 0 aliphatic carbocycles.